The Morgan fingerprint density at radius 3 is 2.31 bits per heavy atom. The molecule has 0 aliphatic carbocycles. The van der Waals surface area contributed by atoms with Crippen molar-refractivity contribution in [3.63, 3.8) is 0 Å². The van der Waals surface area contributed by atoms with E-state index >= 15 is 0 Å². The average molecular weight is 187 g/mol. The number of nitrogens with two attached hydrogens (primary N) is 1. The molecule has 0 heterocycles. The van der Waals surface area contributed by atoms with Crippen LogP contribution in [0.2, 0.25) is 0 Å². The summed E-state index contributed by atoms with van der Waals surface area (Å²) in [4.78, 5) is 14.9. The monoisotopic (exact) mass is 187 g/mol. The van der Waals surface area contributed by atoms with Crippen LogP contribution in [0.5, 0.6) is 0 Å². The molecule has 0 aromatic carbocycles. The van der Waals surface area contributed by atoms with Gasteiger partial charge in [0, 0.05) is 27.2 Å². The topological polar surface area (TPSA) is 49.6 Å². The van der Waals surface area contributed by atoms with E-state index in [0.29, 0.717) is 12.5 Å². The van der Waals surface area contributed by atoms with Crippen LogP contribution in [-0.4, -0.2) is 49.6 Å². The van der Waals surface area contributed by atoms with Crippen LogP contribution < -0.4 is 5.73 Å². The van der Waals surface area contributed by atoms with Crippen molar-refractivity contribution in [1.29, 1.82) is 0 Å². The molecule has 2 amide bonds. The first kappa shape index (κ1) is 12.2. The predicted molar refractivity (Wildman–Crippen MR) is 54.5 cm³/mol. The van der Waals surface area contributed by atoms with Gasteiger partial charge >= 0.3 is 6.03 Å². The van der Waals surface area contributed by atoms with Gasteiger partial charge in [-0.1, -0.05) is 6.92 Å². The number of carbonyl (C=O) groups is 1. The van der Waals surface area contributed by atoms with Crippen LogP contribution in [-0.2, 0) is 0 Å². The van der Waals surface area contributed by atoms with E-state index in [1.54, 1.807) is 23.9 Å². The number of rotatable bonds is 4. The zero-order valence-electron chi connectivity index (χ0n) is 9.08. The fourth-order valence-electron chi connectivity index (χ4n) is 1.08. The zero-order valence-corrected chi connectivity index (χ0v) is 9.08. The molecular weight excluding hydrogens is 166 g/mol. The first-order valence-electron chi connectivity index (χ1n) is 4.69. The molecular formula is C9H21N3O. The molecule has 0 fully saturated rings. The van der Waals surface area contributed by atoms with Gasteiger partial charge in [0.25, 0.3) is 0 Å². The van der Waals surface area contributed by atoms with Crippen molar-refractivity contribution in [3.05, 3.63) is 0 Å². The molecule has 0 aromatic heterocycles. The number of amides is 2. The van der Waals surface area contributed by atoms with Crippen molar-refractivity contribution in [2.45, 2.75) is 13.8 Å². The van der Waals surface area contributed by atoms with E-state index in [2.05, 4.69) is 0 Å². The minimum absolute atomic E-state index is 0.0581. The summed E-state index contributed by atoms with van der Waals surface area (Å²) in [5.41, 5.74) is 5.50. The van der Waals surface area contributed by atoms with Crippen molar-refractivity contribution in [3.8, 4) is 0 Å². The lowest BCUT2D eigenvalue weighted by molar-refractivity contribution is 0.166. The summed E-state index contributed by atoms with van der Waals surface area (Å²) in [6.45, 7) is 6.12. The Labute approximate surface area is 80.7 Å². The smallest absolute Gasteiger partial charge is 0.319 e. The minimum Gasteiger partial charge on any atom is -0.331 e. The molecule has 4 heteroatoms. The zero-order chi connectivity index (χ0) is 10.4. The number of hydrogen-bond acceptors (Lipinski definition) is 2. The van der Waals surface area contributed by atoms with Gasteiger partial charge in [-0.05, 0) is 19.4 Å². The highest BCUT2D eigenvalue weighted by atomic mass is 16.2. The van der Waals surface area contributed by atoms with Crippen LogP contribution in [0.3, 0.4) is 0 Å². The molecule has 4 nitrogen and oxygen atoms in total. The molecule has 0 rings (SSSR count). The van der Waals surface area contributed by atoms with Gasteiger partial charge in [0.2, 0.25) is 0 Å². The van der Waals surface area contributed by atoms with Gasteiger partial charge in [0.15, 0.2) is 0 Å². The first-order valence-corrected chi connectivity index (χ1v) is 4.69. The highest BCUT2D eigenvalue weighted by Crippen LogP contribution is 2.00. The summed E-state index contributed by atoms with van der Waals surface area (Å²) in [5, 5.41) is 0. The van der Waals surface area contributed by atoms with Crippen LogP contribution in [0.1, 0.15) is 13.8 Å². The van der Waals surface area contributed by atoms with E-state index in [1.165, 1.54) is 0 Å². The number of urea groups is 1. The van der Waals surface area contributed by atoms with E-state index in [1.807, 2.05) is 13.8 Å². The lowest BCUT2D eigenvalue weighted by Gasteiger charge is -2.26. The maximum Gasteiger partial charge on any atom is 0.319 e. The highest BCUT2D eigenvalue weighted by molar-refractivity contribution is 5.73. The Kier molecular flexibility index (Phi) is 5.46. The summed E-state index contributed by atoms with van der Waals surface area (Å²) in [6, 6.07) is 0.0581. The van der Waals surface area contributed by atoms with Crippen LogP contribution >= 0.6 is 0 Å². The summed E-state index contributed by atoms with van der Waals surface area (Å²) < 4.78 is 0. The molecule has 0 saturated heterocycles. The second kappa shape index (κ2) is 5.80. The fraction of sp³-hybridized carbons (Fsp3) is 0.889. The molecule has 0 spiro atoms. The fourth-order valence-corrected chi connectivity index (χ4v) is 1.08. The SMILES string of the molecule is CCN(CC(C)CN)C(=O)N(C)C. The Hall–Kier alpha value is -0.770. The predicted octanol–water partition coefficient (Wildman–Crippen LogP) is 0.585. The second-order valence-electron chi connectivity index (χ2n) is 3.56. The van der Waals surface area contributed by atoms with Gasteiger partial charge in [0.05, 0.1) is 0 Å². The quantitative estimate of drug-likeness (QED) is 0.700. The highest BCUT2D eigenvalue weighted by Gasteiger charge is 2.15. The lowest BCUT2D eigenvalue weighted by Crippen LogP contribution is -2.42. The molecule has 0 aliphatic rings. The minimum atomic E-state index is 0.0581. The average Bonchev–Trinajstić information content (AvgIpc) is 2.12. The van der Waals surface area contributed by atoms with E-state index in [0.717, 1.165) is 13.1 Å². The normalized spacial score (nSPS) is 12.4. The van der Waals surface area contributed by atoms with Crippen LogP contribution in [0.15, 0.2) is 0 Å². The summed E-state index contributed by atoms with van der Waals surface area (Å²) >= 11 is 0. The van der Waals surface area contributed by atoms with Gasteiger partial charge in [-0.15, -0.1) is 0 Å². The van der Waals surface area contributed by atoms with Gasteiger partial charge in [-0.25, -0.2) is 4.79 Å². The van der Waals surface area contributed by atoms with E-state index < -0.39 is 0 Å². The maximum atomic E-state index is 11.5. The molecule has 0 aliphatic heterocycles. The third-order valence-electron chi connectivity index (χ3n) is 1.97. The summed E-state index contributed by atoms with van der Waals surface area (Å²) in [6.07, 6.45) is 0. The molecule has 2 N–H and O–H groups in total. The summed E-state index contributed by atoms with van der Waals surface area (Å²) in [7, 11) is 3.52. The number of hydrogen-bond donors (Lipinski definition) is 1. The van der Waals surface area contributed by atoms with Gasteiger partial charge in [-0.2, -0.15) is 0 Å². The molecule has 13 heavy (non-hydrogen) atoms. The number of carbonyl (C=O) groups excluding carboxylic acids is 1. The van der Waals surface area contributed by atoms with E-state index in [9.17, 15) is 4.79 Å². The molecule has 78 valence electrons. The maximum absolute atomic E-state index is 11.5. The Morgan fingerprint density at radius 1 is 1.46 bits per heavy atom. The Morgan fingerprint density at radius 2 is 2.00 bits per heavy atom. The van der Waals surface area contributed by atoms with Crippen LogP contribution in [0.25, 0.3) is 0 Å². The van der Waals surface area contributed by atoms with Crippen molar-refractivity contribution >= 4 is 6.03 Å². The summed E-state index contributed by atoms with van der Waals surface area (Å²) in [5.74, 6) is 0.365. The Bertz CT molecular complexity index is 159. The largest absolute Gasteiger partial charge is 0.331 e. The molecule has 0 radical (unpaired) electrons. The second-order valence-corrected chi connectivity index (χ2v) is 3.56. The third-order valence-corrected chi connectivity index (χ3v) is 1.97. The van der Waals surface area contributed by atoms with Gasteiger partial charge in [-0.3, -0.25) is 0 Å². The standard InChI is InChI=1S/C9H21N3O/c1-5-12(7-8(2)6-10)9(13)11(3)4/h8H,5-7,10H2,1-4H3. The third kappa shape index (κ3) is 4.12. The van der Waals surface area contributed by atoms with E-state index in [4.69, 9.17) is 5.73 Å². The van der Waals surface area contributed by atoms with Gasteiger partial charge < -0.3 is 15.5 Å². The van der Waals surface area contributed by atoms with Crippen molar-refractivity contribution in [2.75, 3.05) is 33.7 Å². The molecule has 0 bridgehead atoms. The number of nitrogens with zero attached hydrogens (tertiary/aromatic N) is 2. The molecule has 1 unspecified atom stereocenters. The van der Waals surface area contributed by atoms with Crippen molar-refractivity contribution < 1.29 is 4.79 Å². The van der Waals surface area contributed by atoms with Crippen LogP contribution in [0.4, 0.5) is 4.79 Å². The van der Waals surface area contributed by atoms with Crippen molar-refractivity contribution in [2.24, 2.45) is 11.7 Å². The molecule has 0 saturated carbocycles. The van der Waals surface area contributed by atoms with Crippen molar-refractivity contribution in [1.82, 2.24) is 9.80 Å². The van der Waals surface area contributed by atoms with Crippen LogP contribution in [0, 0.1) is 5.92 Å². The molecule has 1 atom stereocenters. The molecule has 0 aromatic rings. The van der Waals surface area contributed by atoms with Gasteiger partial charge in [0.1, 0.15) is 0 Å². The first-order chi connectivity index (χ1) is 6.02. The van der Waals surface area contributed by atoms with E-state index in [-0.39, 0.29) is 6.03 Å². The Balaban J connectivity index is 4.10. The lowest BCUT2D eigenvalue weighted by atomic mass is 10.2.